The van der Waals surface area contributed by atoms with Gasteiger partial charge < -0.3 is 15.4 Å². The highest BCUT2D eigenvalue weighted by Crippen LogP contribution is 2.33. The van der Waals surface area contributed by atoms with Gasteiger partial charge in [0.15, 0.2) is 0 Å². The van der Waals surface area contributed by atoms with Crippen molar-refractivity contribution in [1.82, 2.24) is 20.3 Å². The zero-order valence-electron chi connectivity index (χ0n) is 20.0. The molecule has 2 aromatic carbocycles. The van der Waals surface area contributed by atoms with Crippen LogP contribution in [-0.4, -0.2) is 33.0 Å². The maximum absolute atomic E-state index is 11.9. The number of nitrogens with one attached hydrogen (secondary N) is 2. The molecule has 0 aliphatic carbocycles. The Hall–Kier alpha value is -4.26. The van der Waals surface area contributed by atoms with E-state index in [0.29, 0.717) is 38.7 Å². The maximum Gasteiger partial charge on any atom is 0.285 e. The Morgan fingerprint density at radius 3 is 2.84 bits per heavy atom. The van der Waals surface area contributed by atoms with E-state index in [-0.39, 0.29) is 17.7 Å². The summed E-state index contributed by atoms with van der Waals surface area (Å²) in [6.07, 6.45) is 4.00. The molecule has 1 atom stereocenters. The fourth-order valence-electron chi connectivity index (χ4n) is 4.05. The van der Waals surface area contributed by atoms with Crippen molar-refractivity contribution in [3.05, 3.63) is 87.4 Å². The summed E-state index contributed by atoms with van der Waals surface area (Å²) >= 11 is 6.44. The molecule has 1 aliphatic rings. The van der Waals surface area contributed by atoms with Crippen LogP contribution in [0.4, 0.5) is 17.2 Å². The first-order valence-corrected chi connectivity index (χ1v) is 12.0. The summed E-state index contributed by atoms with van der Waals surface area (Å²) in [5.41, 5.74) is 1.99. The van der Waals surface area contributed by atoms with E-state index in [9.17, 15) is 10.1 Å². The van der Waals surface area contributed by atoms with Gasteiger partial charge in [-0.05, 0) is 56.3 Å². The van der Waals surface area contributed by atoms with Crippen LogP contribution in [0.1, 0.15) is 24.6 Å². The number of aromatic nitrogens is 3. The number of pyridine rings is 1. The Morgan fingerprint density at radius 1 is 1.22 bits per heavy atom. The minimum atomic E-state index is -0.430. The van der Waals surface area contributed by atoms with Gasteiger partial charge in [-0.15, -0.1) is 0 Å². The van der Waals surface area contributed by atoms with Gasteiger partial charge in [-0.1, -0.05) is 29.5 Å². The Labute approximate surface area is 218 Å². The molecule has 1 saturated heterocycles. The third kappa shape index (κ3) is 5.61. The third-order valence-electron chi connectivity index (χ3n) is 6.11. The number of nitrogens with zero attached hydrogens (tertiary/aromatic N) is 4. The molecule has 1 fully saturated rings. The van der Waals surface area contributed by atoms with Gasteiger partial charge in [-0.25, -0.2) is 9.97 Å². The molecule has 1 aliphatic heterocycles. The number of hydrogen-bond acceptors (Lipinski definition) is 8. The number of halogens is 1. The topological polar surface area (TPSA) is 115 Å². The number of ether oxygens (including phenoxy) is 1. The summed E-state index contributed by atoms with van der Waals surface area (Å²) in [5, 5.41) is 19.3. The molecular formula is C27H23ClN6O3. The quantitative estimate of drug-likeness (QED) is 0.203. The van der Waals surface area contributed by atoms with Crippen LogP contribution in [0.15, 0.2) is 61.1 Å². The molecule has 4 aromatic rings. The normalized spacial score (nSPS) is 16.7. The summed E-state index contributed by atoms with van der Waals surface area (Å²) < 4.78 is 5.78. The molecule has 0 bridgehead atoms. The van der Waals surface area contributed by atoms with Crippen LogP contribution in [0.3, 0.4) is 0 Å². The number of nitro benzene ring substituents is 1. The number of fused-ring (bicyclic) bond motifs is 1. The lowest BCUT2D eigenvalue weighted by Gasteiger charge is -2.13. The highest BCUT2D eigenvalue weighted by molar-refractivity contribution is 6.32. The molecule has 10 heteroatoms. The molecule has 5 rings (SSSR count). The summed E-state index contributed by atoms with van der Waals surface area (Å²) in [6, 6.07) is 13.9. The van der Waals surface area contributed by atoms with E-state index in [1.165, 1.54) is 12.4 Å². The molecule has 0 radical (unpaired) electrons. The minimum absolute atomic E-state index is 0.0938. The van der Waals surface area contributed by atoms with Crippen LogP contribution >= 0.6 is 11.6 Å². The second kappa shape index (κ2) is 10.4. The van der Waals surface area contributed by atoms with Crippen molar-refractivity contribution in [3.8, 4) is 17.6 Å². The molecule has 186 valence electrons. The van der Waals surface area contributed by atoms with Crippen LogP contribution in [0, 0.1) is 27.4 Å². The summed E-state index contributed by atoms with van der Waals surface area (Å²) in [4.78, 5) is 24.3. The van der Waals surface area contributed by atoms with Crippen molar-refractivity contribution >= 4 is 39.7 Å². The molecule has 2 N–H and O–H groups in total. The summed E-state index contributed by atoms with van der Waals surface area (Å²) in [5.74, 6) is 7.17. The molecular weight excluding hydrogens is 492 g/mol. The molecule has 3 heterocycles. The Kier molecular flexibility index (Phi) is 6.86. The molecule has 2 aromatic heterocycles. The summed E-state index contributed by atoms with van der Waals surface area (Å²) in [7, 11) is 0. The van der Waals surface area contributed by atoms with Gasteiger partial charge in [0.05, 0.1) is 21.2 Å². The fraction of sp³-hybridized carbons (Fsp3) is 0.222. The number of anilines is 2. The van der Waals surface area contributed by atoms with Gasteiger partial charge in [0.25, 0.3) is 5.69 Å². The van der Waals surface area contributed by atoms with E-state index in [2.05, 4.69) is 44.4 Å². The van der Waals surface area contributed by atoms with Gasteiger partial charge in [0, 0.05) is 35.3 Å². The lowest BCUT2D eigenvalue weighted by molar-refractivity contribution is -0.385. The predicted octanol–water partition coefficient (Wildman–Crippen LogP) is 5.26. The number of rotatable bonds is 6. The molecule has 37 heavy (non-hydrogen) atoms. The Morgan fingerprint density at radius 2 is 2.11 bits per heavy atom. The first kappa shape index (κ1) is 24.4. The highest BCUT2D eigenvalue weighted by Gasteiger charge is 2.26. The van der Waals surface area contributed by atoms with Crippen LogP contribution in [0.25, 0.3) is 10.9 Å². The average Bonchev–Trinajstić information content (AvgIpc) is 3.34. The van der Waals surface area contributed by atoms with Gasteiger partial charge in [0.2, 0.25) is 0 Å². The fourth-order valence-corrected chi connectivity index (χ4v) is 4.29. The summed E-state index contributed by atoms with van der Waals surface area (Å²) in [6.45, 7) is 3.98. The predicted molar refractivity (Wildman–Crippen MR) is 142 cm³/mol. The smallest absolute Gasteiger partial charge is 0.285 e. The monoisotopic (exact) mass is 514 g/mol. The first-order chi connectivity index (χ1) is 17.9. The minimum Gasteiger partial charge on any atom is -0.486 e. The lowest BCUT2D eigenvalue weighted by atomic mass is 9.90. The van der Waals surface area contributed by atoms with Crippen molar-refractivity contribution in [2.24, 2.45) is 5.41 Å². The number of benzene rings is 2. The van der Waals surface area contributed by atoms with Crippen molar-refractivity contribution < 1.29 is 9.66 Å². The molecule has 0 spiro atoms. The number of hydrogen-bond donors (Lipinski definition) is 2. The standard InChI is InChI=1S/C27H23ClN6O3/c1-27(9-11-29-16-27)8-7-18-12-23-21(14-24(18)34(35)36)26(32-17-31-23)33-19-5-6-25(22(28)13-19)37-15-20-4-2-3-10-30-20/h2-6,10,12-14,17,29H,9,11,15-16H2,1H3,(H,31,32,33)/t27-/m1/s1. The van der Waals surface area contributed by atoms with Crippen molar-refractivity contribution in [2.45, 2.75) is 20.0 Å². The zero-order valence-corrected chi connectivity index (χ0v) is 20.7. The maximum atomic E-state index is 11.9. The molecule has 0 saturated carbocycles. The van der Waals surface area contributed by atoms with Crippen LogP contribution in [0.2, 0.25) is 5.02 Å². The first-order valence-electron chi connectivity index (χ1n) is 11.7. The molecule has 0 amide bonds. The second-order valence-corrected chi connectivity index (χ2v) is 9.39. The van der Waals surface area contributed by atoms with Crippen LogP contribution in [-0.2, 0) is 6.61 Å². The SMILES string of the molecule is C[C@@]1(C#Cc2cc3ncnc(Nc4ccc(OCc5ccccn5)c(Cl)c4)c3cc2[N+](=O)[O-])CCNC1. The van der Waals surface area contributed by atoms with E-state index in [1.54, 1.807) is 30.5 Å². The van der Waals surface area contributed by atoms with Gasteiger partial charge in [0.1, 0.15) is 30.1 Å². The third-order valence-corrected chi connectivity index (χ3v) is 6.41. The van der Waals surface area contributed by atoms with Crippen molar-refractivity contribution in [2.75, 3.05) is 18.4 Å². The average molecular weight is 515 g/mol. The van der Waals surface area contributed by atoms with Crippen LogP contribution < -0.4 is 15.4 Å². The molecule has 0 unspecified atom stereocenters. The second-order valence-electron chi connectivity index (χ2n) is 8.98. The van der Waals surface area contributed by atoms with E-state index >= 15 is 0 Å². The molecule has 9 nitrogen and oxygen atoms in total. The highest BCUT2D eigenvalue weighted by atomic mass is 35.5. The number of nitro groups is 1. The lowest BCUT2D eigenvalue weighted by Crippen LogP contribution is -2.17. The van der Waals surface area contributed by atoms with E-state index in [0.717, 1.165) is 25.2 Å². The van der Waals surface area contributed by atoms with Gasteiger partial charge >= 0.3 is 0 Å². The van der Waals surface area contributed by atoms with Crippen molar-refractivity contribution in [1.29, 1.82) is 0 Å². The van der Waals surface area contributed by atoms with E-state index in [4.69, 9.17) is 16.3 Å². The zero-order chi connectivity index (χ0) is 25.8. The Bertz CT molecular complexity index is 1530. The van der Waals surface area contributed by atoms with Crippen molar-refractivity contribution in [3.63, 3.8) is 0 Å². The van der Waals surface area contributed by atoms with E-state index < -0.39 is 4.92 Å². The van der Waals surface area contributed by atoms with Gasteiger partial charge in [-0.2, -0.15) is 0 Å². The Balaban J connectivity index is 1.41. The van der Waals surface area contributed by atoms with Gasteiger partial charge in [-0.3, -0.25) is 15.1 Å². The van der Waals surface area contributed by atoms with Crippen LogP contribution in [0.5, 0.6) is 5.75 Å². The van der Waals surface area contributed by atoms with E-state index in [1.807, 2.05) is 18.2 Å². The largest absolute Gasteiger partial charge is 0.486 e.